The third kappa shape index (κ3) is 1.80. The molecule has 0 bridgehead atoms. The molecular weight excluding hydrogens is 250 g/mol. The molecule has 0 saturated carbocycles. The highest BCUT2D eigenvalue weighted by Crippen LogP contribution is 2.33. The number of nitrogens with zero attached hydrogens (tertiary/aromatic N) is 2. The lowest BCUT2D eigenvalue weighted by molar-refractivity contribution is 0.644. The highest BCUT2D eigenvalue weighted by molar-refractivity contribution is 7.23. The third-order valence-electron chi connectivity index (χ3n) is 2.26. The van der Waals surface area contributed by atoms with Gasteiger partial charge in [-0.1, -0.05) is 22.9 Å². The zero-order chi connectivity index (χ0) is 10.3. The van der Waals surface area contributed by atoms with Crippen LogP contribution in [0.3, 0.4) is 0 Å². The van der Waals surface area contributed by atoms with Crippen molar-refractivity contribution in [3.8, 4) is 10.0 Å². The van der Waals surface area contributed by atoms with Crippen LogP contribution in [0.1, 0.15) is 10.6 Å². The molecule has 1 aliphatic heterocycles. The standard InChI is InChI=1S/C9H8ClN3S2/c10-7-4-12-8(15-7)9-13-5-1-2-11-3-6(5)14-9/h4,11H,1-3H2. The van der Waals surface area contributed by atoms with Gasteiger partial charge in [0, 0.05) is 24.4 Å². The van der Waals surface area contributed by atoms with Crippen molar-refractivity contribution in [2.45, 2.75) is 13.0 Å². The van der Waals surface area contributed by atoms with E-state index in [0.717, 1.165) is 33.9 Å². The van der Waals surface area contributed by atoms with Gasteiger partial charge in [0.2, 0.25) is 0 Å². The molecule has 0 fully saturated rings. The quantitative estimate of drug-likeness (QED) is 0.853. The molecule has 2 aromatic heterocycles. The van der Waals surface area contributed by atoms with Crippen LogP contribution in [-0.2, 0) is 13.0 Å². The van der Waals surface area contributed by atoms with Gasteiger partial charge < -0.3 is 5.32 Å². The predicted octanol–water partition coefficient (Wildman–Crippen LogP) is 2.57. The van der Waals surface area contributed by atoms with Crippen molar-refractivity contribution in [1.82, 2.24) is 15.3 Å². The Morgan fingerprint density at radius 3 is 3.00 bits per heavy atom. The van der Waals surface area contributed by atoms with Gasteiger partial charge in [0.25, 0.3) is 0 Å². The van der Waals surface area contributed by atoms with Gasteiger partial charge in [-0.25, -0.2) is 9.97 Å². The Morgan fingerprint density at radius 2 is 2.27 bits per heavy atom. The van der Waals surface area contributed by atoms with Crippen LogP contribution in [0.4, 0.5) is 0 Å². The molecule has 0 aliphatic carbocycles. The predicted molar refractivity (Wildman–Crippen MR) is 63.6 cm³/mol. The molecule has 78 valence electrons. The second-order valence-corrected chi connectivity index (χ2v) is 6.03. The monoisotopic (exact) mass is 257 g/mol. The third-order valence-corrected chi connectivity index (χ3v) is 4.62. The maximum Gasteiger partial charge on any atom is 0.153 e. The van der Waals surface area contributed by atoms with Gasteiger partial charge in [0.1, 0.15) is 4.34 Å². The molecule has 3 nitrogen and oxygen atoms in total. The first-order chi connectivity index (χ1) is 7.33. The molecule has 1 N–H and O–H groups in total. The number of fused-ring (bicyclic) bond motifs is 1. The summed E-state index contributed by atoms with van der Waals surface area (Å²) in [5, 5.41) is 5.27. The maximum absolute atomic E-state index is 5.86. The maximum atomic E-state index is 5.86. The molecule has 0 unspecified atom stereocenters. The lowest BCUT2D eigenvalue weighted by Crippen LogP contribution is -2.22. The Balaban J connectivity index is 2.02. The van der Waals surface area contributed by atoms with Gasteiger partial charge in [-0.3, -0.25) is 0 Å². The summed E-state index contributed by atoms with van der Waals surface area (Å²) in [7, 11) is 0. The second-order valence-electron chi connectivity index (χ2n) is 3.29. The Labute approximate surface area is 100 Å². The van der Waals surface area contributed by atoms with E-state index >= 15 is 0 Å². The molecule has 1 aliphatic rings. The number of hydrogen-bond donors (Lipinski definition) is 1. The summed E-state index contributed by atoms with van der Waals surface area (Å²) >= 11 is 9.06. The lowest BCUT2D eigenvalue weighted by atomic mass is 10.2. The summed E-state index contributed by atoms with van der Waals surface area (Å²) in [6.45, 7) is 1.96. The summed E-state index contributed by atoms with van der Waals surface area (Å²) in [5.74, 6) is 0. The van der Waals surface area contributed by atoms with Gasteiger partial charge in [0.05, 0.1) is 11.9 Å². The zero-order valence-electron chi connectivity index (χ0n) is 7.79. The van der Waals surface area contributed by atoms with E-state index in [9.17, 15) is 0 Å². The van der Waals surface area contributed by atoms with E-state index in [1.807, 2.05) is 0 Å². The van der Waals surface area contributed by atoms with Gasteiger partial charge in [-0.05, 0) is 0 Å². The van der Waals surface area contributed by atoms with E-state index in [1.165, 1.54) is 21.9 Å². The normalized spacial score (nSPS) is 15.3. The van der Waals surface area contributed by atoms with Crippen LogP contribution in [0.2, 0.25) is 4.34 Å². The molecule has 0 radical (unpaired) electrons. The summed E-state index contributed by atoms with van der Waals surface area (Å²) in [6.07, 6.45) is 2.70. The van der Waals surface area contributed by atoms with Crippen molar-refractivity contribution >= 4 is 34.3 Å². The van der Waals surface area contributed by atoms with Gasteiger partial charge in [-0.15, -0.1) is 11.3 Å². The first-order valence-corrected chi connectivity index (χ1v) is 6.65. The fourth-order valence-electron chi connectivity index (χ4n) is 1.57. The topological polar surface area (TPSA) is 37.8 Å². The minimum Gasteiger partial charge on any atom is -0.311 e. The average molecular weight is 258 g/mol. The molecule has 3 heterocycles. The van der Waals surface area contributed by atoms with Crippen LogP contribution in [0.25, 0.3) is 10.0 Å². The van der Waals surface area contributed by atoms with Gasteiger partial charge in [-0.2, -0.15) is 0 Å². The molecule has 15 heavy (non-hydrogen) atoms. The number of aromatic nitrogens is 2. The van der Waals surface area contributed by atoms with Crippen molar-refractivity contribution in [3.05, 3.63) is 21.1 Å². The molecule has 0 amide bonds. The highest BCUT2D eigenvalue weighted by atomic mass is 35.5. The van der Waals surface area contributed by atoms with Crippen LogP contribution in [-0.4, -0.2) is 16.5 Å². The number of rotatable bonds is 1. The van der Waals surface area contributed by atoms with Crippen molar-refractivity contribution < 1.29 is 0 Å². The van der Waals surface area contributed by atoms with Crippen LogP contribution >= 0.6 is 34.3 Å². The SMILES string of the molecule is Clc1cnc(-c2nc3c(s2)CNCC3)s1. The molecule has 2 aromatic rings. The number of halogens is 1. The smallest absolute Gasteiger partial charge is 0.153 e. The van der Waals surface area contributed by atoms with Crippen LogP contribution in [0, 0.1) is 0 Å². The fraction of sp³-hybridized carbons (Fsp3) is 0.333. The fourth-order valence-corrected chi connectivity index (χ4v) is 3.59. The van der Waals surface area contributed by atoms with Gasteiger partial charge in [0.15, 0.2) is 10.0 Å². The molecule has 6 heteroatoms. The molecule has 3 rings (SSSR count). The van der Waals surface area contributed by atoms with E-state index in [0.29, 0.717) is 0 Å². The van der Waals surface area contributed by atoms with Crippen molar-refractivity contribution in [1.29, 1.82) is 0 Å². The van der Waals surface area contributed by atoms with Crippen LogP contribution in [0.15, 0.2) is 6.20 Å². The first kappa shape index (κ1) is 9.72. The Hall–Kier alpha value is -0.490. The van der Waals surface area contributed by atoms with Gasteiger partial charge >= 0.3 is 0 Å². The molecule has 0 aromatic carbocycles. The van der Waals surface area contributed by atoms with Crippen LogP contribution < -0.4 is 5.32 Å². The van der Waals surface area contributed by atoms with E-state index in [2.05, 4.69) is 15.3 Å². The first-order valence-electron chi connectivity index (χ1n) is 4.64. The summed E-state index contributed by atoms with van der Waals surface area (Å²) < 4.78 is 0.719. The minimum absolute atomic E-state index is 0.719. The van der Waals surface area contributed by atoms with Crippen molar-refractivity contribution in [3.63, 3.8) is 0 Å². The van der Waals surface area contributed by atoms with E-state index in [-0.39, 0.29) is 0 Å². The minimum atomic E-state index is 0.719. The lowest BCUT2D eigenvalue weighted by Gasteiger charge is -2.09. The largest absolute Gasteiger partial charge is 0.311 e. The highest BCUT2D eigenvalue weighted by Gasteiger charge is 2.17. The second kappa shape index (κ2) is 3.83. The summed E-state index contributed by atoms with van der Waals surface area (Å²) in [5.41, 5.74) is 1.22. The molecular formula is C9H8ClN3S2. The van der Waals surface area contributed by atoms with E-state index in [1.54, 1.807) is 17.5 Å². The van der Waals surface area contributed by atoms with E-state index < -0.39 is 0 Å². The zero-order valence-corrected chi connectivity index (χ0v) is 10.2. The Morgan fingerprint density at radius 1 is 1.33 bits per heavy atom. The molecule has 0 atom stereocenters. The summed E-state index contributed by atoms with van der Waals surface area (Å²) in [4.78, 5) is 10.2. The summed E-state index contributed by atoms with van der Waals surface area (Å²) in [6, 6.07) is 0. The number of hydrogen-bond acceptors (Lipinski definition) is 5. The van der Waals surface area contributed by atoms with Crippen LogP contribution in [0.5, 0.6) is 0 Å². The van der Waals surface area contributed by atoms with Crippen molar-refractivity contribution in [2.24, 2.45) is 0 Å². The molecule has 0 spiro atoms. The number of thiazole rings is 2. The number of nitrogens with one attached hydrogen (secondary N) is 1. The van der Waals surface area contributed by atoms with E-state index in [4.69, 9.17) is 11.6 Å². The Bertz CT molecular complexity index is 468. The van der Waals surface area contributed by atoms with Crippen molar-refractivity contribution in [2.75, 3.05) is 6.54 Å². The average Bonchev–Trinajstić information content (AvgIpc) is 2.82. The molecule has 0 saturated heterocycles. The Kier molecular flexibility index (Phi) is 2.48.